The maximum atomic E-state index is 12.4. The van der Waals surface area contributed by atoms with Crippen LogP contribution in [0.25, 0.3) is 16.2 Å². The molecule has 2 aromatic carbocycles. The first-order chi connectivity index (χ1) is 13.1. The van der Waals surface area contributed by atoms with E-state index in [9.17, 15) is 4.79 Å². The quantitative estimate of drug-likeness (QED) is 0.520. The molecule has 1 amide bonds. The minimum Gasteiger partial charge on any atom is -0.497 e. The number of hydrogen-bond acceptors (Lipinski definition) is 4. The Morgan fingerprint density at radius 1 is 1.22 bits per heavy atom. The number of imidazole rings is 1. The van der Waals surface area contributed by atoms with Crippen molar-refractivity contribution in [1.82, 2.24) is 9.38 Å². The molecular weight excluding hydrogens is 382 g/mol. The number of hydrogen-bond donors (Lipinski definition) is 1. The summed E-state index contributed by atoms with van der Waals surface area (Å²) in [5, 5.41) is 5.32. The van der Waals surface area contributed by atoms with Gasteiger partial charge in [0.2, 0.25) is 5.91 Å². The molecule has 0 aliphatic rings. The fourth-order valence-electron chi connectivity index (χ4n) is 2.78. The molecule has 0 bridgehead atoms. The number of nitrogens with zero attached hydrogens (tertiary/aromatic N) is 2. The molecule has 0 radical (unpaired) electrons. The van der Waals surface area contributed by atoms with Crippen molar-refractivity contribution in [2.75, 3.05) is 12.4 Å². The Labute approximate surface area is 165 Å². The van der Waals surface area contributed by atoms with E-state index in [1.165, 1.54) is 11.3 Å². The van der Waals surface area contributed by atoms with E-state index in [0.717, 1.165) is 27.7 Å². The van der Waals surface area contributed by atoms with E-state index in [2.05, 4.69) is 10.3 Å². The summed E-state index contributed by atoms with van der Waals surface area (Å²) in [5.74, 6) is 0.680. The van der Waals surface area contributed by atoms with Gasteiger partial charge in [-0.2, -0.15) is 0 Å². The van der Waals surface area contributed by atoms with E-state index in [1.54, 1.807) is 19.2 Å². The minimum atomic E-state index is -0.123. The molecule has 7 heteroatoms. The molecule has 1 N–H and O–H groups in total. The highest BCUT2D eigenvalue weighted by molar-refractivity contribution is 7.15. The van der Waals surface area contributed by atoms with Crippen molar-refractivity contribution in [3.8, 4) is 17.0 Å². The molecule has 0 saturated heterocycles. The molecule has 136 valence electrons. The van der Waals surface area contributed by atoms with Crippen LogP contribution in [0.2, 0.25) is 5.02 Å². The second-order valence-electron chi connectivity index (χ2n) is 5.94. The molecule has 0 spiro atoms. The summed E-state index contributed by atoms with van der Waals surface area (Å²) < 4.78 is 7.15. The first-order valence-corrected chi connectivity index (χ1v) is 9.54. The highest BCUT2D eigenvalue weighted by Crippen LogP contribution is 2.26. The summed E-state index contributed by atoms with van der Waals surface area (Å²) in [5.41, 5.74) is 3.35. The van der Waals surface area contributed by atoms with Crippen molar-refractivity contribution in [2.45, 2.75) is 6.42 Å². The largest absolute Gasteiger partial charge is 0.497 e. The number of amides is 1. The third-order valence-electron chi connectivity index (χ3n) is 4.16. The highest BCUT2D eigenvalue weighted by Gasteiger charge is 2.13. The number of fused-ring (bicyclic) bond motifs is 1. The van der Waals surface area contributed by atoms with Crippen molar-refractivity contribution >= 4 is 39.5 Å². The number of rotatable bonds is 5. The second-order valence-corrected chi connectivity index (χ2v) is 7.18. The van der Waals surface area contributed by atoms with Crippen LogP contribution in [0.1, 0.15) is 5.69 Å². The molecule has 0 fully saturated rings. The van der Waals surface area contributed by atoms with Crippen LogP contribution < -0.4 is 10.1 Å². The summed E-state index contributed by atoms with van der Waals surface area (Å²) in [6, 6.07) is 14.9. The van der Waals surface area contributed by atoms with E-state index in [-0.39, 0.29) is 12.3 Å². The fraction of sp³-hybridized carbons (Fsp3) is 0.100. The van der Waals surface area contributed by atoms with E-state index in [4.69, 9.17) is 16.3 Å². The number of benzene rings is 2. The lowest BCUT2D eigenvalue weighted by atomic mass is 10.2. The Kier molecular flexibility index (Phi) is 4.83. The van der Waals surface area contributed by atoms with Crippen molar-refractivity contribution in [2.24, 2.45) is 0 Å². The molecular formula is C20H16ClN3O2S. The molecule has 0 saturated carbocycles. The highest BCUT2D eigenvalue weighted by atomic mass is 35.5. The first-order valence-electron chi connectivity index (χ1n) is 8.28. The van der Waals surface area contributed by atoms with Gasteiger partial charge in [0.05, 0.1) is 29.9 Å². The van der Waals surface area contributed by atoms with E-state index in [0.29, 0.717) is 10.7 Å². The molecule has 0 atom stereocenters. The normalized spacial score (nSPS) is 10.9. The van der Waals surface area contributed by atoms with Crippen LogP contribution in [0.15, 0.2) is 60.1 Å². The number of carbonyl (C=O) groups excluding carboxylic acids is 1. The lowest BCUT2D eigenvalue weighted by Crippen LogP contribution is -2.15. The molecule has 0 unspecified atom stereocenters. The van der Waals surface area contributed by atoms with Crippen molar-refractivity contribution in [3.05, 3.63) is 70.8 Å². The van der Waals surface area contributed by atoms with Crippen LogP contribution in [0.3, 0.4) is 0 Å². The summed E-state index contributed by atoms with van der Waals surface area (Å²) in [7, 11) is 1.64. The van der Waals surface area contributed by atoms with Crippen LogP contribution in [-0.4, -0.2) is 22.4 Å². The number of aromatic nitrogens is 2. The third kappa shape index (κ3) is 3.67. The Balaban J connectivity index is 1.55. The molecule has 2 heterocycles. The molecule has 27 heavy (non-hydrogen) atoms. The predicted molar refractivity (Wildman–Crippen MR) is 109 cm³/mol. The average molecular weight is 398 g/mol. The molecule has 4 aromatic rings. The SMILES string of the molecule is COc1ccc(-c2cn3c(CC(=O)Nc4ccccc4Cl)csc3n2)cc1. The zero-order valence-electron chi connectivity index (χ0n) is 14.5. The van der Waals surface area contributed by atoms with Crippen LogP contribution in [0.5, 0.6) is 5.75 Å². The summed E-state index contributed by atoms with van der Waals surface area (Å²) in [6.45, 7) is 0. The molecule has 0 aliphatic heterocycles. The van der Waals surface area contributed by atoms with Gasteiger partial charge in [-0.25, -0.2) is 4.98 Å². The lowest BCUT2D eigenvalue weighted by Gasteiger charge is -2.06. The van der Waals surface area contributed by atoms with Crippen molar-refractivity contribution < 1.29 is 9.53 Å². The minimum absolute atomic E-state index is 0.123. The summed E-state index contributed by atoms with van der Waals surface area (Å²) >= 11 is 7.61. The van der Waals surface area contributed by atoms with Gasteiger partial charge in [0.15, 0.2) is 4.96 Å². The maximum absolute atomic E-state index is 12.4. The van der Waals surface area contributed by atoms with Crippen LogP contribution in [-0.2, 0) is 11.2 Å². The Bertz CT molecular complexity index is 1100. The smallest absolute Gasteiger partial charge is 0.230 e. The summed E-state index contributed by atoms with van der Waals surface area (Å²) in [6.07, 6.45) is 2.19. The molecule has 5 nitrogen and oxygen atoms in total. The van der Waals surface area contributed by atoms with Gasteiger partial charge in [-0.3, -0.25) is 9.20 Å². The Morgan fingerprint density at radius 2 is 2.00 bits per heavy atom. The van der Waals surface area contributed by atoms with Crippen molar-refractivity contribution in [1.29, 1.82) is 0 Å². The van der Waals surface area contributed by atoms with Gasteiger partial charge in [0.1, 0.15) is 5.75 Å². The number of para-hydroxylation sites is 1. The van der Waals surface area contributed by atoms with E-state index in [1.807, 2.05) is 52.4 Å². The number of thiazole rings is 1. The average Bonchev–Trinajstić information content (AvgIpc) is 3.26. The Morgan fingerprint density at radius 3 is 2.74 bits per heavy atom. The number of ether oxygens (including phenoxy) is 1. The van der Waals surface area contributed by atoms with E-state index < -0.39 is 0 Å². The zero-order chi connectivity index (χ0) is 18.8. The van der Waals surface area contributed by atoms with Gasteiger partial charge < -0.3 is 10.1 Å². The predicted octanol–water partition coefficient (Wildman–Crippen LogP) is 4.91. The Hall–Kier alpha value is -2.83. The number of carbonyl (C=O) groups is 1. The molecule has 0 aliphatic carbocycles. The van der Waals surface area contributed by atoms with E-state index >= 15 is 0 Å². The lowest BCUT2D eigenvalue weighted by molar-refractivity contribution is -0.115. The molecule has 4 rings (SSSR count). The van der Waals surface area contributed by atoms with Crippen LogP contribution in [0.4, 0.5) is 5.69 Å². The third-order valence-corrected chi connectivity index (χ3v) is 5.38. The number of halogens is 1. The number of methoxy groups -OCH3 is 1. The molecule has 2 aromatic heterocycles. The topological polar surface area (TPSA) is 55.6 Å². The van der Waals surface area contributed by atoms with Gasteiger partial charge in [-0.1, -0.05) is 23.7 Å². The van der Waals surface area contributed by atoms with Gasteiger partial charge in [0.25, 0.3) is 0 Å². The van der Waals surface area contributed by atoms with Crippen LogP contribution >= 0.6 is 22.9 Å². The zero-order valence-corrected chi connectivity index (χ0v) is 16.1. The van der Waals surface area contributed by atoms with Gasteiger partial charge in [0, 0.05) is 22.8 Å². The van der Waals surface area contributed by atoms with Crippen LogP contribution in [0, 0.1) is 0 Å². The standard InChI is InChI=1S/C20H16ClN3O2S/c1-26-15-8-6-13(7-9-15)18-11-24-14(12-27-20(24)23-18)10-19(25)22-17-5-3-2-4-16(17)21/h2-9,11-12H,10H2,1H3,(H,22,25). The second kappa shape index (κ2) is 7.42. The van der Waals surface area contributed by atoms with Gasteiger partial charge in [-0.05, 0) is 36.4 Å². The summed E-state index contributed by atoms with van der Waals surface area (Å²) in [4.78, 5) is 17.9. The maximum Gasteiger partial charge on any atom is 0.230 e. The number of nitrogens with one attached hydrogen (secondary N) is 1. The number of anilines is 1. The fourth-order valence-corrected chi connectivity index (χ4v) is 3.83. The first kappa shape index (κ1) is 17.6. The van der Waals surface area contributed by atoms with Gasteiger partial charge in [-0.15, -0.1) is 11.3 Å². The monoisotopic (exact) mass is 397 g/mol. The van der Waals surface area contributed by atoms with Gasteiger partial charge >= 0.3 is 0 Å². The van der Waals surface area contributed by atoms with Crippen molar-refractivity contribution in [3.63, 3.8) is 0 Å².